The number of allylic oxidation sites excluding steroid dienone is 2. The number of carbonyl (C=O) groups is 2. The standard InChI is InChI=1S/C28H27NO4/c1-28(2,3)23-26(32)24(30)22(25(31)27(23)33)19-16-29-20(15-14-17-10-6-4-7-11-17)21(19)18-12-8-5-9-13-18/h4-13,16,29-30,33H,14-15H2,1-3H3. The highest BCUT2D eigenvalue weighted by Gasteiger charge is 2.41. The molecule has 3 N–H and O–H groups in total. The average molecular weight is 442 g/mol. The van der Waals surface area contributed by atoms with Gasteiger partial charge in [-0.3, -0.25) is 9.59 Å². The first-order chi connectivity index (χ1) is 15.7. The topological polar surface area (TPSA) is 90.4 Å². The Balaban J connectivity index is 1.83. The lowest BCUT2D eigenvalue weighted by Gasteiger charge is -2.26. The van der Waals surface area contributed by atoms with Crippen LogP contribution in [0.4, 0.5) is 0 Å². The van der Waals surface area contributed by atoms with E-state index < -0.39 is 28.5 Å². The zero-order valence-corrected chi connectivity index (χ0v) is 19.0. The minimum absolute atomic E-state index is 0.0742. The lowest BCUT2D eigenvalue weighted by Crippen LogP contribution is -2.30. The third kappa shape index (κ3) is 4.14. The fraction of sp³-hybridized carbons (Fsp3) is 0.214. The second-order valence-corrected chi connectivity index (χ2v) is 9.26. The number of aromatic nitrogens is 1. The van der Waals surface area contributed by atoms with Crippen LogP contribution in [0.3, 0.4) is 0 Å². The van der Waals surface area contributed by atoms with Crippen LogP contribution in [-0.4, -0.2) is 26.8 Å². The van der Waals surface area contributed by atoms with Gasteiger partial charge < -0.3 is 15.2 Å². The maximum atomic E-state index is 13.2. The van der Waals surface area contributed by atoms with Crippen LogP contribution in [0.15, 0.2) is 84.0 Å². The van der Waals surface area contributed by atoms with Crippen LogP contribution in [0.2, 0.25) is 0 Å². The fourth-order valence-corrected chi connectivity index (χ4v) is 4.33. The van der Waals surface area contributed by atoms with Crippen molar-refractivity contribution in [3.63, 3.8) is 0 Å². The molecule has 0 saturated carbocycles. The van der Waals surface area contributed by atoms with Crippen molar-refractivity contribution in [1.82, 2.24) is 4.98 Å². The maximum absolute atomic E-state index is 13.2. The van der Waals surface area contributed by atoms with Crippen molar-refractivity contribution in [3.05, 3.63) is 101 Å². The van der Waals surface area contributed by atoms with Crippen LogP contribution >= 0.6 is 0 Å². The van der Waals surface area contributed by atoms with Crippen molar-refractivity contribution in [2.24, 2.45) is 5.41 Å². The van der Waals surface area contributed by atoms with Gasteiger partial charge in [0.15, 0.2) is 11.5 Å². The zero-order chi connectivity index (χ0) is 23.8. The molecule has 168 valence electrons. The number of hydrogen-bond donors (Lipinski definition) is 3. The van der Waals surface area contributed by atoms with Gasteiger partial charge in [0.2, 0.25) is 11.6 Å². The molecule has 0 spiro atoms. The summed E-state index contributed by atoms with van der Waals surface area (Å²) >= 11 is 0. The molecule has 0 bridgehead atoms. The molecule has 0 amide bonds. The molecule has 0 radical (unpaired) electrons. The number of benzene rings is 2. The summed E-state index contributed by atoms with van der Waals surface area (Å²) in [6.45, 7) is 5.15. The monoisotopic (exact) mass is 441 g/mol. The van der Waals surface area contributed by atoms with E-state index in [-0.39, 0.29) is 11.1 Å². The summed E-state index contributed by atoms with van der Waals surface area (Å²) < 4.78 is 0. The van der Waals surface area contributed by atoms with Crippen molar-refractivity contribution in [2.75, 3.05) is 0 Å². The van der Waals surface area contributed by atoms with E-state index in [9.17, 15) is 19.8 Å². The van der Waals surface area contributed by atoms with Crippen molar-refractivity contribution in [3.8, 4) is 11.1 Å². The number of ketones is 2. The molecule has 5 nitrogen and oxygen atoms in total. The first-order valence-electron chi connectivity index (χ1n) is 11.0. The van der Waals surface area contributed by atoms with Gasteiger partial charge in [-0.25, -0.2) is 0 Å². The molecular formula is C28H27NO4. The molecular weight excluding hydrogens is 414 g/mol. The van der Waals surface area contributed by atoms with E-state index in [1.807, 2.05) is 48.5 Å². The maximum Gasteiger partial charge on any atom is 0.232 e. The number of aromatic amines is 1. The summed E-state index contributed by atoms with van der Waals surface area (Å²) in [5, 5.41) is 21.5. The van der Waals surface area contributed by atoms with Gasteiger partial charge in [-0.15, -0.1) is 0 Å². The van der Waals surface area contributed by atoms with Crippen LogP contribution in [0, 0.1) is 5.41 Å². The number of aliphatic hydroxyl groups excluding tert-OH is 2. The molecule has 5 heteroatoms. The Labute approximate surface area is 193 Å². The normalized spacial score (nSPS) is 14.9. The molecule has 0 aliphatic heterocycles. The molecule has 1 aliphatic rings. The largest absolute Gasteiger partial charge is 0.504 e. The fourth-order valence-electron chi connectivity index (χ4n) is 4.33. The second-order valence-electron chi connectivity index (χ2n) is 9.26. The Hall–Kier alpha value is -3.86. The van der Waals surface area contributed by atoms with Crippen molar-refractivity contribution < 1.29 is 19.8 Å². The first-order valence-corrected chi connectivity index (χ1v) is 11.0. The Bertz CT molecular complexity index is 1270. The Kier molecular flexibility index (Phi) is 5.81. The molecule has 1 aromatic heterocycles. The molecule has 3 aromatic rings. The van der Waals surface area contributed by atoms with Gasteiger partial charge >= 0.3 is 0 Å². The minimum atomic E-state index is -0.794. The van der Waals surface area contributed by atoms with Gasteiger partial charge in [-0.2, -0.15) is 0 Å². The predicted molar refractivity (Wildman–Crippen MR) is 129 cm³/mol. The molecule has 4 rings (SSSR count). The predicted octanol–water partition coefficient (Wildman–Crippen LogP) is 5.75. The molecule has 0 unspecified atom stereocenters. The Morgan fingerprint density at radius 1 is 0.788 bits per heavy atom. The van der Waals surface area contributed by atoms with E-state index in [0.717, 1.165) is 23.2 Å². The SMILES string of the molecule is CC(C)(C)C1=C(O)C(=O)C(c2c[nH]c(CCc3ccccc3)c2-c2ccccc2)=C(O)C1=O. The molecule has 1 heterocycles. The summed E-state index contributed by atoms with van der Waals surface area (Å²) in [5.41, 5.74) is 3.00. The zero-order valence-electron chi connectivity index (χ0n) is 19.0. The van der Waals surface area contributed by atoms with Crippen LogP contribution in [0.25, 0.3) is 16.7 Å². The lowest BCUT2D eigenvalue weighted by molar-refractivity contribution is -0.119. The third-order valence-corrected chi connectivity index (χ3v) is 5.91. The lowest BCUT2D eigenvalue weighted by atomic mass is 9.76. The van der Waals surface area contributed by atoms with E-state index in [2.05, 4.69) is 17.1 Å². The molecule has 0 fully saturated rings. The number of aryl methyl sites for hydroxylation is 2. The van der Waals surface area contributed by atoms with Crippen LogP contribution in [0.5, 0.6) is 0 Å². The van der Waals surface area contributed by atoms with E-state index in [1.165, 1.54) is 5.56 Å². The third-order valence-electron chi connectivity index (χ3n) is 5.91. The van der Waals surface area contributed by atoms with Crippen molar-refractivity contribution in [2.45, 2.75) is 33.6 Å². The quantitative estimate of drug-likeness (QED) is 0.440. The second kappa shape index (κ2) is 8.58. The summed E-state index contributed by atoms with van der Waals surface area (Å²) in [6, 6.07) is 19.6. The number of Topliss-reactive ketones (excluding diaryl/α,β-unsaturated/α-hetero) is 2. The summed E-state index contributed by atoms with van der Waals surface area (Å²) in [6.07, 6.45) is 3.08. The van der Waals surface area contributed by atoms with Gasteiger partial charge in [0.05, 0.1) is 11.1 Å². The van der Waals surface area contributed by atoms with Gasteiger partial charge in [0.25, 0.3) is 0 Å². The molecule has 2 aromatic carbocycles. The number of H-pyrrole nitrogens is 1. The van der Waals surface area contributed by atoms with E-state index >= 15 is 0 Å². The van der Waals surface area contributed by atoms with Crippen LogP contribution in [0.1, 0.15) is 37.6 Å². The number of aliphatic hydroxyl groups is 2. The number of hydrogen-bond acceptors (Lipinski definition) is 4. The Morgan fingerprint density at radius 2 is 1.39 bits per heavy atom. The van der Waals surface area contributed by atoms with Crippen LogP contribution < -0.4 is 0 Å². The number of nitrogens with one attached hydrogen (secondary N) is 1. The summed E-state index contributed by atoms with van der Waals surface area (Å²) in [4.78, 5) is 29.5. The summed E-state index contributed by atoms with van der Waals surface area (Å²) in [5.74, 6) is -2.71. The van der Waals surface area contributed by atoms with E-state index in [4.69, 9.17) is 0 Å². The molecule has 1 aliphatic carbocycles. The number of rotatable bonds is 5. The van der Waals surface area contributed by atoms with Crippen LogP contribution in [-0.2, 0) is 22.4 Å². The molecule has 0 saturated heterocycles. The minimum Gasteiger partial charge on any atom is -0.504 e. The summed E-state index contributed by atoms with van der Waals surface area (Å²) in [7, 11) is 0. The average Bonchev–Trinajstić information content (AvgIpc) is 3.20. The smallest absolute Gasteiger partial charge is 0.232 e. The van der Waals surface area contributed by atoms with Gasteiger partial charge in [0.1, 0.15) is 0 Å². The molecule has 33 heavy (non-hydrogen) atoms. The highest BCUT2D eigenvalue weighted by atomic mass is 16.3. The van der Waals surface area contributed by atoms with E-state index in [0.29, 0.717) is 12.0 Å². The van der Waals surface area contributed by atoms with E-state index in [1.54, 1.807) is 27.0 Å². The van der Waals surface area contributed by atoms with Gasteiger partial charge in [-0.05, 0) is 29.4 Å². The highest BCUT2D eigenvalue weighted by molar-refractivity contribution is 6.38. The number of carbonyl (C=O) groups excluding carboxylic acids is 2. The first kappa shape index (κ1) is 22.3. The molecule has 0 atom stereocenters. The van der Waals surface area contributed by atoms with Gasteiger partial charge in [-0.1, -0.05) is 81.4 Å². The van der Waals surface area contributed by atoms with Crippen molar-refractivity contribution in [1.29, 1.82) is 0 Å². The van der Waals surface area contributed by atoms with Gasteiger partial charge in [0, 0.05) is 23.0 Å². The highest BCUT2D eigenvalue weighted by Crippen LogP contribution is 2.41. The van der Waals surface area contributed by atoms with Crippen molar-refractivity contribution >= 4 is 17.1 Å². The Morgan fingerprint density at radius 3 is 2.00 bits per heavy atom.